The topological polar surface area (TPSA) is 0 Å². The van der Waals surface area contributed by atoms with Gasteiger partial charge >= 0.3 is 299 Å². The Morgan fingerprint density at radius 2 is 0.918 bits per heavy atom. The van der Waals surface area contributed by atoms with E-state index in [0.717, 1.165) is 0 Å². The van der Waals surface area contributed by atoms with E-state index in [1.54, 1.807) is 0 Å². The molecule has 4 heteroatoms. The van der Waals surface area contributed by atoms with Crippen LogP contribution in [-0.4, -0.2) is 5.43 Å². The first-order valence-corrected chi connectivity index (χ1v) is 31.3. The quantitative estimate of drug-likeness (QED) is 0.153. The van der Waals surface area contributed by atoms with E-state index in [0.29, 0.717) is 0 Å². The molecule has 9 rings (SSSR count). The summed E-state index contributed by atoms with van der Waals surface area (Å²) in [6.45, 7) is 2.29. The fraction of sp³-hybridized carbons (Fsp3) is 0.0667. The third kappa shape index (κ3) is 4.72. The Morgan fingerprint density at radius 3 is 1.57 bits per heavy atom. The molecule has 0 aliphatic heterocycles. The van der Waals surface area contributed by atoms with Crippen molar-refractivity contribution >= 4 is 49.7 Å². The average molecular weight is 765 g/mol. The van der Waals surface area contributed by atoms with Gasteiger partial charge in [-0.1, -0.05) is 0 Å². The van der Waals surface area contributed by atoms with Gasteiger partial charge in [0.1, 0.15) is 0 Å². The zero-order chi connectivity index (χ0) is 33.2. The zero-order valence-electron chi connectivity index (χ0n) is 27.2. The van der Waals surface area contributed by atoms with Crippen LogP contribution in [0.2, 0.25) is 0 Å². The van der Waals surface area contributed by atoms with Crippen molar-refractivity contribution in [2.24, 2.45) is 0 Å². The molecular formula is C45H34Cl2SiZr. The number of hydrogen-bond acceptors (Lipinski definition) is 0. The molecule has 1 unspecified atom stereocenters. The first kappa shape index (κ1) is 31.2. The van der Waals surface area contributed by atoms with Crippen LogP contribution in [0.25, 0.3) is 39.1 Å². The third-order valence-corrected chi connectivity index (χ3v) is 48.8. The van der Waals surface area contributed by atoms with Crippen LogP contribution in [0.4, 0.5) is 0 Å². The zero-order valence-corrected chi connectivity index (χ0v) is 32.1. The number of hydrogen-bond donors (Lipinski definition) is 0. The molecule has 0 spiro atoms. The van der Waals surface area contributed by atoms with E-state index in [-0.39, 0.29) is 7.25 Å². The molecule has 7 aromatic carbocycles. The molecule has 0 aromatic heterocycles. The van der Waals surface area contributed by atoms with Crippen LogP contribution < -0.4 is 10.4 Å². The van der Waals surface area contributed by atoms with Crippen molar-refractivity contribution in [1.29, 1.82) is 0 Å². The standard InChI is InChI=1S/C20H15.C13H9.C12H10Si.2ClH.Zr/c1-14-12-16-8-5-11-19(20(16)13-14)18-10-4-7-15-6-2-3-9-17(15)18;1-3-7-12-10(5-1)9-11-6-2-4-8-13(11)12;1-3-7-11(8-4-1)13-12-9-5-2-6-10-12;;;/h2-13H,1H3;1-9H;1-10H;2*1H;/q;;;;;+2/p-2. The van der Waals surface area contributed by atoms with E-state index in [1.165, 1.54) is 71.2 Å². The average Bonchev–Trinajstić information content (AvgIpc) is 3.68. The Kier molecular flexibility index (Phi) is 7.60. The molecule has 2 aliphatic rings. The van der Waals surface area contributed by atoms with Crippen molar-refractivity contribution in [3.8, 4) is 22.3 Å². The molecule has 0 amide bonds. The summed E-state index contributed by atoms with van der Waals surface area (Å²) in [6, 6.07) is 61.9. The second-order valence-corrected chi connectivity index (χ2v) is 48.5. The van der Waals surface area contributed by atoms with Crippen LogP contribution in [0.15, 0.2) is 175 Å². The molecule has 0 radical (unpaired) electrons. The van der Waals surface area contributed by atoms with E-state index in [1.807, 2.05) is 0 Å². The van der Waals surface area contributed by atoms with Gasteiger partial charge in [-0.25, -0.2) is 0 Å². The van der Waals surface area contributed by atoms with Gasteiger partial charge in [0.05, 0.1) is 0 Å². The normalized spacial score (nSPS) is 15.4. The molecular weight excluding hydrogens is 731 g/mol. The SMILES string of the molecule is CC1=Cc2c(-c3cccc4ccccc34)cccc2[CH]1[Zr]([Cl])([Cl])([CH]1c2ccccc2-c2ccccc21)=[Si](c1ccccc1)c1ccccc1. The maximum atomic E-state index is 9.09. The van der Waals surface area contributed by atoms with Gasteiger partial charge in [-0.3, -0.25) is 0 Å². The van der Waals surface area contributed by atoms with Crippen LogP contribution in [0.3, 0.4) is 0 Å². The molecule has 0 saturated heterocycles. The molecule has 1 atom stereocenters. The monoisotopic (exact) mass is 762 g/mol. The van der Waals surface area contributed by atoms with Gasteiger partial charge in [0, 0.05) is 0 Å². The van der Waals surface area contributed by atoms with Crippen molar-refractivity contribution in [3.05, 3.63) is 198 Å². The summed E-state index contributed by atoms with van der Waals surface area (Å²) in [6.07, 6.45) is 2.41. The van der Waals surface area contributed by atoms with E-state index in [2.05, 4.69) is 183 Å². The Morgan fingerprint density at radius 1 is 0.449 bits per heavy atom. The number of halogens is 2. The molecule has 49 heavy (non-hydrogen) atoms. The van der Waals surface area contributed by atoms with Crippen molar-refractivity contribution in [3.63, 3.8) is 0 Å². The summed E-state index contributed by atoms with van der Waals surface area (Å²) in [5.74, 6) is 0. The molecule has 7 aromatic rings. The first-order chi connectivity index (χ1) is 23.9. The predicted molar refractivity (Wildman–Crippen MR) is 209 cm³/mol. The van der Waals surface area contributed by atoms with Gasteiger partial charge < -0.3 is 0 Å². The fourth-order valence-corrected chi connectivity index (χ4v) is 54.2. The van der Waals surface area contributed by atoms with Crippen molar-refractivity contribution in [2.75, 3.05) is 0 Å². The fourth-order valence-electron chi connectivity index (χ4n) is 9.06. The van der Waals surface area contributed by atoms with E-state index >= 15 is 0 Å². The molecule has 236 valence electrons. The summed E-state index contributed by atoms with van der Waals surface area (Å²) < 4.78 is -0.180. The second-order valence-electron chi connectivity index (χ2n) is 13.5. The summed E-state index contributed by atoms with van der Waals surface area (Å²) in [5, 5.41) is 5.06. The number of allylic oxidation sites excluding steroid dienone is 1. The summed E-state index contributed by atoms with van der Waals surface area (Å²) >= 11 is -5.44. The van der Waals surface area contributed by atoms with Crippen LogP contribution in [0, 0.1) is 0 Å². The number of rotatable bonds is 5. The molecule has 2 aliphatic carbocycles. The number of fused-ring (bicyclic) bond motifs is 5. The minimum absolute atomic E-state index is 0.0896. The van der Waals surface area contributed by atoms with Crippen molar-refractivity contribution in [1.82, 2.24) is 0 Å². The molecule has 0 nitrogen and oxygen atoms in total. The van der Waals surface area contributed by atoms with Gasteiger partial charge in [0.25, 0.3) is 0 Å². The van der Waals surface area contributed by atoms with Crippen LogP contribution in [0.1, 0.15) is 36.4 Å². The van der Waals surface area contributed by atoms with Crippen LogP contribution in [0.5, 0.6) is 0 Å². The Bertz CT molecular complexity index is 2440. The van der Waals surface area contributed by atoms with Gasteiger partial charge in [0.2, 0.25) is 0 Å². The van der Waals surface area contributed by atoms with Gasteiger partial charge in [-0.15, -0.1) is 0 Å². The van der Waals surface area contributed by atoms with Gasteiger partial charge in [-0.2, -0.15) is 0 Å². The maximum absolute atomic E-state index is 9.09. The van der Waals surface area contributed by atoms with Gasteiger partial charge in [0.15, 0.2) is 0 Å². The molecule has 0 saturated carbocycles. The second kappa shape index (κ2) is 11.9. The predicted octanol–water partition coefficient (Wildman–Crippen LogP) is 11.5. The molecule has 0 N–H and O–H groups in total. The van der Waals surface area contributed by atoms with E-state index < -0.39 is 20.4 Å². The Hall–Kier alpha value is -3.78. The Balaban J connectivity index is 1.44. The van der Waals surface area contributed by atoms with Crippen molar-refractivity contribution < 1.29 is 15.0 Å². The molecule has 0 fully saturated rings. The molecule has 0 heterocycles. The van der Waals surface area contributed by atoms with Crippen LogP contribution in [-0.2, 0) is 15.0 Å². The van der Waals surface area contributed by atoms with E-state index in [4.69, 9.17) is 17.0 Å². The molecule has 0 bridgehead atoms. The summed E-state index contributed by atoms with van der Waals surface area (Å²) in [4.78, 5) is 0. The van der Waals surface area contributed by atoms with E-state index in [9.17, 15) is 0 Å². The first-order valence-electron chi connectivity index (χ1n) is 17.0. The number of benzene rings is 7. The summed E-state index contributed by atoms with van der Waals surface area (Å²) in [5.41, 5.74) is 9.59. The third-order valence-electron chi connectivity index (χ3n) is 10.9. The van der Waals surface area contributed by atoms with Gasteiger partial charge in [-0.05, 0) is 0 Å². The minimum atomic E-state index is -5.44. The summed E-state index contributed by atoms with van der Waals surface area (Å²) in [7, 11) is 18.2. The van der Waals surface area contributed by atoms with Crippen molar-refractivity contribution in [2.45, 2.75) is 14.2 Å². The Labute approximate surface area is 296 Å². The van der Waals surface area contributed by atoms with Crippen LogP contribution >= 0.6 is 17.0 Å².